The van der Waals surface area contributed by atoms with Crippen molar-refractivity contribution < 1.29 is 19.0 Å². The van der Waals surface area contributed by atoms with Crippen molar-refractivity contribution in [1.82, 2.24) is 14.4 Å². The van der Waals surface area contributed by atoms with E-state index in [4.69, 9.17) is 14.2 Å². The second kappa shape index (κ2) is 8.35. The minimum absolute atomic E-state index is 0.0158. The molecule has 0 aliphatic heterocycles. The van der Waals surface area contributed by atoms with Crippen LogP contribution in [0, 0.1) is 0 Å². The maximum absolute atomic E-state index is 11.8. The van der Waals surface area contributed by atoms with Gasteiger partial charge in [-0.2, -0.15) is 0 Å². The fraction of sp³-hybridized carbons (Fsp3) is 0.174. The van der Waals surface area contributed by atoms with Crippen LogP contribution in [0.3, 0.4) is 0 Å². The third-order valence-electron chi connectivity index (χ3n) is 4.92. The standard InChI is InChI=1S/C23H22N4O4/c1-14(28)15-6-5-7-16(10-15)18-13-25-23-22(24-8-9-27(18)23)26-17-11-19(29-2)21(31-4)20(12-17)30-3/h5-13H,1-4H3,(H,24,26). The van der Waals surface area contributed by atoms with E-state index in [1.807, 2.05) is 28.8 Å². The smallest absolute Gasteiger partial charge is 0.203 e. The molecule has 2 aromatic carbocycles. The molecule has 1 N–H and O–H groups in total. The summed E-state index contributed by atoms with van der Waals surface area (Å²) >= 11 is 0. The number of nitrogens with one attached hydrogen (secondary N) is 1. The molecule has 2 heterocycles. The van der Waals surface area contributed by atoms with Crippen LogP contribution < -0.4 is 19.5 Å². The summed E-state index contributed by atoms with van der Waals surface area (Å²) in [5.41, 5.74) is 3.74. The summed E-state index contributed by atoms with van der Waals surface area (Å²) in [6.45, 7) is 1.55. The first kappa shape index (κ1) is 20.2. The highest BCUT2D eigenvalue weighted by molar-refractivity contribution is 5.95. The Labute approximate surface area is 179 Å². The average molecular weight is 418 g/mol. The predicted molar refractivity (Wildman–Crippen MR) is 118 cm³/mol. The average Bonchev–Trinajstić information content (AvgIpc) is 3.23. The minimum Gasteiger partial charge on any atom is -0.493 e. The van der Waals surface area contributed by atoms with Gasteiger partial charge in [-0.15, -0.1) is 0 Å². The fourth-order valence-electron chi connectivity index (χ4n) is 3.41. The third kappa shape index (κ3) is 3.75. The first-order valence-corrected chi connectivity index (χ1v) is 9.56. The van der Waals surface area contributed by atoms with Gasteiger partial charge in [0.25, 0.3) is 0 Å². The number of nitrogens with zero attached hydrogens (tertiary/aromatic N) is 3. The van der Waals surface area contributed by atoms with Crippen molar-refractivity contribution >= 4 is 22.9 Å². The van der Waals surface area contributed by atoms with Crippen molar-refractivity contribution in [3.05, 3.63) is 60.6 Å². The maximum atomic E-state index is 11.8. The van der Waals surface area contributed by atoms with Crippen molar-refractivity contribution in [1.29, 1.82) is 0 Å². The highest BCUT2D eigenvalue weighted by atomic mass is 16.5. The quantitative estimate of drug-likeness (QED) is 0.446. The number of ketones is 1. The molecule has 0 spiro atoms. The first-order chi connectivity index (χ1) is 15.0. The molecule has 2 aromatic heterocycles. The Bertz CT molecular complexity index is 1240. The number of imidazole rings is 1. The number of anilines is 2. The Morgan fingerprint density at radius 3 is 2.39 bits per heavy atom. The molecule has 8 heteroatoms. The van der Waals surface area contributed by atoms with Crippen LogP contribution in [-0.4, -0.2) is 41.5 Å². The SMILES string of the molecule is COc1cc(Nc2nccn3c(-c4cccc(C(C)=O)c4)cnc23)cc(OC)c1OC. The van der Waals surface area contributed by atoms with Gasteiger partial charge in [-0.25, -0.2) is 9.97 Å². The summed E-state index contributed by atoms with van der Waals surface area (Å²) < 4.78 is 18.1. The van der Waals surface area contributed by atoms with Crippen LogP contribution in [0.15, 0.2) is 55.0 Å². The Kier molecular flexibility index (Phi) is 5.44. The molecular weight excluding hydrogens is 396 g/mol. The lowest BCUT2D eigenvalue weighted by atomic mass is 10.1. The summed E-state index contributed by atoms with van der Waals surface area (Å²) in [5, 5.41) is 3.28. The van der Waals surface area contributed by atoms with Crippen LogP contribution >= 0.6 is 0 Å². The monoisotopic (exact) mass is 418 g/mol. The molecule has 0 amide bonds. The van der Waals surface area contributed by atoms with Crippen molar-refractivity contribution in [2.45, 2.75) is 6.92 Å². The van der Waals surface area contributed by atoms with E-state index in [0.29, 0.717) is 40.0 Å². The number of carbonyl (C=O) groups excluding carboxylic acids is 1. The van der Waals surface area contributed by atoms with Gasteiger partial charge in [0.2, 0.25) is 5.75 Å². The molecule has 4 aromatic rings. The number of hydrogen-bond acceptors (Lipinski definition) is 7. The number of hydrogen-bond donors (Lipinski definition) is 1. The molecule has 31 heavy (non-hydrogen) atoms. The van der Waals surface area contributed by atoms with Crippen LogP contribution in [-0.2, 0) is 0 Å². The Balaban J connectivity index is 1.76. The van der Waals surface area contributed by atoms with Crippen molar-refractivity contribution in [2.75, 3.05) is 26.6 Å². The number of benzene rings is 2. The van der Waals surface area contributed by atoms with Crippen molar-refractivity contribution in [3.63, 3.8) is 0 Å². The first-order valence-electron chi connectivity index (χ1n) is 9.56. The molecule has 0 atom stereocenters. The van der Waals surface area contributed by atoms with Gasteiger partial charge in [-0.05, 0) is 13.0 Å². The summed E-state index contributed by atoms with van der Waals surface area (Å²) in [6, 6.07) is 11.1. The Morgan fingerprint density at radius 2 is 1.74 bits per heavy atom. The second-order valence-electron chi connectivity index (χ2n) is 6.79. The van der Waals surface area contributed by atoms with Crippen LogP contribution in [0.4, 0.5) is 11.5 Å². The fourth-order valence-corrected chi connectivity index (χ4v) is 3.41. The minimum atomic E-state index is 0.0158. The summed E-state index contributed by atoms with van der Waals surface area (Å²) in [4.78, 5) is 20.8. The van der Waals surface area contributed by atoms with Gasteiger partial charge in [-0.1, -0.05) is 18.2 Å². The molecule has 0 aliphatic carbocycles. The molecule has 8 nitrogen and oxygen atoms in total. The topological polar surface area (TPSA) is 87.0 Å². The van der Waals surface area contributed by atoms with E-state index in [1.165, 1.54) is 0 Å². The number of rotatable bonds is 7. The molecule has 0 saturated carbocycles. The lowest BCUT2D eigenvalue weighted by molar-refractivity contribution is 0.101. The zero-order valence-corrected chi connectivity index (χ0v) is 17.7. The van der Waals surface area contributed by atoms with Gasteiger partial charge in [-0.3, -0.25) is 9.20 Å². The molecular formula is C23H22N4O4. The van der Waals surface area contributed by atoms with Gasteiger partial charge in [0.15, 0.2) is 28.7 Å². The number of methoxy groups -OCH3 is 3. The highest BCUT2D eigenvalue weighted by Crippen LogP contribution is 2.40. The highest BCUT2D eigenvalue weighted by Gasteiger charge is 2.16. The van der Waals surface area contributed by atoms with E-state index in [9.17, 15) is 4.79 Å². The molecule has 0 unspecified atom stereocenters. The molecule has 0 saturated heterocycles. The van der Waals surface area contributed by atoms with Crippen LogP contribution in [0.5, 0.6) is 17.2 Å². The van der Waals surface area contributed by atoms with Crippen LogP contribution in [0.1, 0.15) is 17.3 Å². The summed E-state index contributed by atoms with van der Waals surface area (Å²) in [6.07, 6.45) is 5.28. The van der Waals surface area contributed by atoms with Crippen LogP contribution in [0.25, 0.3) is 16.9 Å². The Hall–Kier alpha value is -4.07. The maximum Gasteiger partial charge on any atom is 0.203 e. The molecule has 4 rings (SSSR count). The lowest BCUT2D eigenvalue weighted by Crippen LogP contribution is -2.01. The molecule has 0 aliphatic rings. The van der Waals surface area contributed by atoms with E-state index in [1.54, 1.807) is 58.8 Å². The largest absolute Gasteiger partial charge is 0.493 e. The second-order valence-corrected chi connectivity index (χ2v) is 6.79. The molecule has 158 valence electrons. The van der Waals surface area contributed by atoms with Gasteiger partial charge in [0, 0.05) is 41.3 Å². The molecule has 0 fully saturated rings. The number of fused-ring (bicyclic) bond motifs is 1. The van der Waals surface area contributed by atoms with E-state index < -0.39 is 0 Å². The van der Waals surface area contributed by atoms with Crippen molar-refractivity contribution in [3.8, 4) is 28.5 Å². The zero-order chi connectivity index (χ0) is 22.0. The predicted octanol–water partition coefficient (Wildman–Crippen LogP) is 4.37. The van der Waals surface area contributed by atoms with Crippen LogP contribution in [0.2, 0.25) is 0 Å². The Morgan fingerprint density at radius 1 is 1.00 bits per heavy atom. The van der Waals surface area contributed by atoms with E-state index in [-0.39, 0.29) is 5.78 Å². The van der Waals surface area contributed by atoms with Gasteiger partial charge < -0.3 is 19.5 Å². The van der Waals surface area contributed by atoms with Gasteiger partial charge in [0.1, 0.15) is 0 Å². The molecule has 0 bridgehead atoms. The van der Waals surface area contributed by atoms with Gasteiger partial charge >= 0.3 is 0 Å². The number of Topliss-reactive ketones (excluding diaryl/α,β-unsaturated/α-hetero) is 1. The lowest BCUT2D eigenvalue weighted by Gasteiger charge is -2.15. The number of aromatic nitrogens is 3. The van der Waals surface area contributed by atoms with Crippen molar-refractivity contribution in [2.24, 2.45) is 0 Å². The zero-order valence-electron chi connectivity index (χ0n) is 17.7. The summed E-state index contributed by atoms with van der Waals surface area (Å²) in [7, 11) is 4.69. The molecule has 0 radical (unpaired) electrons. The number of ether oxygens (including phenoxy) is 3. The number of carbonyl (C=O) groups is 1. The van der Waals surface area contributed by atoms with Gasteiger partial charge in [0.05, 0.1) is 33.2 Å². The van der Waals surface area contributed by atoms with E-state index in [2.05, 4.69) is 15.3 Å². The van der Waals surface area contributed by atoms with E-state index in [0.717, 1.165) is 11.3 Å². The third-order valence-corrected chi connectivity index (χ3v) is 4.92. The van der Waals surface area contributed by atoms with E-state index >= 15 is 0 Å². The summed E-state index contributed by atoms with van der Waals surface area (Å²) in [5.74, 6) is 2.14. The normalized spacial score (nSPS) is 10.7.